The number of fused-ring (bicyclic) bond motifs is 2. The van der Waals surface area contributed by atoms with Crippen LogP contribution in [0.1, 0.15) is 34.3 Å². The molecule has 1 fully saturated rings. The van der Waals surface area contributed by atoms with Crippen molar-refractivity contribution in [2.24, 2.45) is 0 Å². The van der Waals surface area contributed by atoms with Crippen molar-refractivity contribution in [3.05, 3.63) is 64.2 Å². The fraction of sp³-hybridized carbons (Fsp3) is 0.316. The van der Waals surface area contributed by atoms with E-state index < -0.39 is 43.3 Å². The zero-order chi connectivity index (χ0) is 21.0. The average Bonchev–Trinajstić information content (AvgIpc) is 2.93. The van der Waals surface area contributed by atoms with Crippen LogP contribution < -0.4 is 0 Å². The maximum atomic E-state index is 13.1. The molecule has 2 aliphatic heterocycles. The molecule has 1 saturated heterocycles. The number of esters is 1. The fourth-order valence-corrected chi connectivity index (χ4v) is 5.53. The number of hydrogen-bond acceptors (Lipinski definition) is 4. The molecule has 0 radical (unpaired) electrons. The topological polar surface area (TPSA) is 63.7 Å². The molecule has 0 amide bonds. The lowest BCUT2D eigenvalue weighted by Crippen LogP contribution is -2.45. The van der Waals surface area contributed by atoms with Crippen molar-refractivity contribution in [3.63, 3.8) is 0 Å². The van der Waals surface area contributed by atoms with Crippen molar-refractivity contribution >= 4 is 27.6 Å². The second-order valence-electron chi connectivity index (χ2n) is 6.97. The molecule has 29 heavy (non-hydrogen) atoms. The molecule has 1 spiro atoms. The predicted molar refractivity (Wildman–Crippen MR) is 98.0 cm³/mol. The molecule has 0 N–H and O–H groups in total. The normalized spacial score (nSPS) is 19.2. The molecule has 0 aliphatic carbocycles. The maximum Gasteiger partial charge on any atom is 0.417 e. The Balaban J connectivity index is 1.60. The van der Waals surface area contributed by atoms with Crippen molar-refractivity contribution < 1.29 is 31.1 Å². The van der Waals surface area contributed by atoms with Gasteiger partial charge in [0, 0.05) is 31.5 Å². The minimum absolute atomic E-state index is 0.00786. The molecule has 0 bridgehead atoms. The third-order valence-corrected chi connectivity index (χ3v) is 7.56. The van der Waals surface area contributed by atoms with Crippen molar-refractivity contribution in [1.82, 2.24) is 4.31 Å². The maximum absolute atomic E-state index is 13.1. The summed E-state index contributed by atoms with van der Waals surface area (Å²) in [4.78, 5) is 11.7. The minimum Gasteiger partial charge on any atom is -0.450 e. The molecule has 0 aromatic heterocycles. The SMILES string of the molecule is O=C1OC2(CCN(S(=O)(=O)c3ccc(Cl)c(C(F)(F)F)c3)CC2)c2ccccc21. The second kappa shape index (κ2) is 6.72. The van der Waals surface area contributed by atoms with E-state index in [4.69, 9.17) is 16.3 Å². The molecule has 0 unspecified atom stereocenters. The van der Waals surface area contributed by atoms with Gasteiger partial charge in [0.25, 0.3) is 0 Å². The second-order valence-corrected chi connectivity index (χ2v) is 9.32. The molecule has 5 nitrogen and oxygen atoms in total. The third-order valence-electron chi connectivity index (χ3n) is 5.34. The number of ether oxygens (including phenoxy) is 1. The average molecular weight is 446 g/mol. The number of halogens is 4. The number of hydrogen-bond donors (Lipinski definition) is 0. The van der Waals surface area contributed by atoms with Gasteiger partial charge in [-0.25, -0.2) is 13.2 Å². The number of piperidine rings is 1. The summed E-state index contributed by atoms with van der Waals surface area (Å²) in [7, 11) is -4.16. The van der Waals surface area contributed by atoms with E-state index in [1.165, 1.54) is 0 Å². The van der Waals surface area contributed by atoms with E-state index in [0.29, 0.717) is 17.2 Å². The lowest BCUT2D eigenvalue weighted by Gasteiger charge is -2.37. The highest BCUT2D eigenvalue weighted by molar-refractivity contribution is 7.89. The highest BCUT2D eigenvalue weighted by atomic mass is 35.5. The van der Waals surface area contributed by atoms with E-state index in [9.17, 15) is 26.4 Å². The van der Waals surface area contributed by atoms with Gasteiger partial charge in [0.15, 0.2) is 0 Å². The van der Waals surface area contributed by atoms with E-state index in [2.05, 4.69) is 0 Å². The van der Waals surface area contributed by atoms with E-state index in [1.807, 2.05) is 0 Å². The number of benzene rings is 2. The first kappa shape index (κ1) is 20.2. The van der Waals surface area contributed by atoms with Gasteiger partial charge >= 0.3 is 12.1 Å². The van der Waals surface area contributed by atoms with Crippen molar-refractivity contribution in [2.75, 3.05) is 13.1 Å². The van der Waals surface area contributed by atoms with Crippen LogP contribution in [-0.4, -0.2) is 31.8 Å². The Morgan fingerprint density at radius 3 is 2.38 bits per heavy atom. The quantitative estimate of drug-likeness (QED) is 0.650. The molecule has 10 heteroatoms. The number of alkyl halides is 3. The van der Waals surface area contributed by atoms with Crippen molar-refractivity contribution in [2.45, 2.75) is 29.5 Å². The van der Waals surface area contributed by atoms with Gasteiger partial charge in [-0.15, -0.1) is 0 Å². The summed E-state index contributed by atoms with van der Waals surface area (Å²) in [5, 5.41) is -0.566. The highest BCUT2D eigenvalue weighted by Gasteiger charge is 2.48. The van der Waals surface area contributed by atoms with Crippen LogP contribution in [-0.2, 0) is 26.5 Å². The van der Waals surface area contributed by atoms with Crippen LogP contribution in [0.3, 0.4) is 0 Å². The molecule has 2 aromatic carbocycles. The zero-order valence-electron chi connectivity index (χ0n) is 14.9. The summed E-state index contributed by atoms with van der Waals surface area (Å²) in [6, 6.07) is 9.46. The molecule has 0 saturated carbocycles. The smallest absolute Gasteiger partial charge is 0.417 e. The Kier molecular flexibility index (Phi) is 4.67. The Morgan fingerprint density at radius 2 is 1.72 bits per heavy atom. The Hall–Kier alpha value is -2.10. The first-order valence-corrected chi connectivity index (χ1v) is 10.6. The molecule has 4 rings (SSSR count). The van der Waals surface area contributed by atoms with Crippen LogP contribution in [0.2, 0.25) is 5.02 Å². The number of sulfonamides is 1. The van der Waals surface area contributed by atoms with Crippen LogP contribution in [0.25, 0.3) is 0 Å². The lowest BCUT2D eigenvalue weighted by atomic mass is 9.84. The van der Waals surface area contributed by atoms with Gasteiger partial charge in [-0.1, -0.05) is 29.8 Å². The fourth-order valence-electron chi connectivity index (χ4n) is 3.84. The summed E-state index contributed by atoms with van der Waals surface area (Å²) in [6.07, 6.45) is -4.33. The van der Waals surface area contributed by atoms with Crippen LogP contribution >= 0.6 is 11.6 Å². The largest absolute Gasteiger partial charge is 0.450 e. The van der Waals surface area contributed by atoms with E-state index in [1.54, 1.807) is 24.3 Å². The summed E-state index contributed by atoms with van der Waals surface area (Å²) < 4.78 is 71.8. The number of carbonyl (C=O) groups excluding carboxylic acids is 1. The van der Waals surface area contributed by atoms with Gasteiger partial charge < -0.3 is 4.74 Å². The molecule has 2 heterocycles. The first-order valence-electron chi connectivity index (χ1n) is 8.74. The summed E-state index contributed by atoms with van der Waals surface area (Å²) in [6.45, 7) is 0.0157. The molecule has 154 valence electrons. The standard InChI is InChI=1S/C19H15ClF3NO4S/c20-16-6-5-12(11-15(16)19(21,22)23)29(26,27)24-9-7-18(8-10-24)14-4-2-1-3-13(14)17(25)28-18/h1-6,11H,7-10H2. The van der Waals surface area contributed by atoms with Gasteiger partial charge in [-0.2, -0.15) is 17.5 Å². The van der Waals surface area contributed by atoms with Crippen LogP contribution in [0.15, 0.2) is 47.4 Å². The molecule has 2 aromatic rings. The first-order chi connectivity index (χ1) is 13.5. The monoisotopic (exact) mass is 445 g/mol. The number of nitrogens with zero attached hydrogens (tertiary/aromatic N) is 1. The summed E-state index contributed by atoms with van der Waals surface area (Å²) in [5.74, 6) is -0.454. The van der Waals surface area contributed by atoms with Gasteiger partial charge in [-0.05, 0) is 24.3 Å². The van der Waals surface area contributed by atoms with Gasteiger partial charge in [0.05, 0.1) is 21.0 Å². The zero-order valence-corrected chi connectivity index (χ0v) is 16.4. The lowest BCUT2D eigenvalue weighted by molar-refractivity contribution is -0.137. The number of rotatable bonds is 2. The highest BCUT2D eigenvalue weighted by Crippen LogP contribution is 2.45. The molecular formula is C19H15ClF3NO4S. The van der Waals surface area contributed by atoms with E-state index >= 15 is 0 Å². The van der Waals surface area contributed by atoms with Gasteiger partial charge in [0.1, 0.15) is 5.60 Å². The van der Waals surface area contributed by atoms with E-state index in [0.717, 1.165) is 16.4 Å². The van der Waals surface area contributed by atoms with Crippen LogP contribution in [0, 0.1) is 0 Å². The summed E-state index contributed by atoms with van der Waals surface area (Å²) >= 11 is 5.58. The molecular weight excluding hydrogens is 431 g/mol. The molecule has 2 aliphatic rings. The Morgan fingerprint density at radius 1 is 1.07 bits per heavy atom. The Labute approximate surface area is 170 Å². The van der Waals surface area contributed by atoms with E-state index in [-0.39, 0.29) is 25.9 Å². The molecule has 0 atom stereocenters. The van der Waals surface area contributed by atoms with Gasteiger partial charge in [-0.3, -0.25) is 0 Å². The minimum atomic E-state index is -4.77. The Bertz CT molecular complexity index is 1090. The number of carbonyl (C=O) groups is 1. The predicted octanol–water partition coefficient (Wildman–Crippen LogP) is 4.21. The third kappa shape index (κ3) is 3.31. The van der Waals surface area contributed by atoms with Crippen molar-refractivity contribution in [3.8, 4) is 0 Å². The van der Waals surface area contributed by atoms with Gasteiger partial charge in [0.2, 0.25) is 10.0 Å². The van der Waals surface area contributed by atoms with Crippen LogP contribution in [0.4, 0.5) is 13.2 Å². The summed E-state index contributed by atoms with van der Waals surface area (Å²) in [5.41, 5.74) is -0.937. The van der Waals surface area contributed by atoms with Crippen molar-refractivity contribution in [1.29, 1.82) is 0 Å². The van der Waals surface area contributed by atoms with Crippen LogP contribution in [0.5, 0.6) is 0 Å².